The maximum absolute atomic E-state index is 14.3. The summed E-state index contributed by atoms with van der Waals surface area (Å²) in [7, 11) is -2.49. The summed E-state index contributed by atoms with van der Waals surface area (Å²) in [6.07, 6.45) is 0.0331. The summed E-state index contributed by atoms with van der Waals surface area (Å²) in [6, 6.07) is 4.38. The number of methoxy groups -OCH3 is 1. The highest BCUT2D eigenvalue weighted by Gasteiger charge is 2.48. The van der Waals surface area contributed by atoms with Gasteiger partial charge in [-0.2, -0.15) is 4.31 Å². The first-order valence-electron chi connectivity index (χ1n) is 8.10. The monoisotopic (exact) mass is 372 g/mol. The first kappa shape index (κ1) is 18.2. The van der Waals surface area contributed by atoms with Gasteiger partial charge >= 0.3 is 5.97 Å². The number of esters is 1. The van der Waals surface area contributed by atoms with Crippen molar-refractivity contribution in [1.29, 1.82) is 0 Å². The fourth-order valence-electron chi connectivity index (χ4n) is 3.37. The molecule has 0 spiro atoms. The van der Waals surface area contributed by atoms with Crippen LogP contribution in [0.4, 0.5) is 4.39 Å². The molecule has 0 amide bonds. The molecule has 2 saturated heterocycles. The lowest BCUT2D eigenvalue weighted by Crippen LogP contribution is -2.46. The van der Waals surface area contributed by atoms with E-state index in [0.717, 1.165) is 0 Å². The average Bonchev–Trinajstić information content (AvgIpc) is 3.08. The van der Waals surface area contributed by atoms with Gasteiger partial charge in [-0.15, -0.1) is 0 Å². The van der Waals surface area contributed by atoms with Gasteiger partial charge in [0.05, 0.1) is 31.6 Å². The minimum Gasteiger partial charge on any atom is -0.468 e. The molecule has 25 heavy (non-hydrogen) atoms. The van der Waals surface area contributed by atoms with Gasteiger partial charge in [0.2, 0.25) is 10.0 Å². The van der Waals surface area contributed by atoms with E-state index in [4.69, 9.17) is 9.47 Å². The summed E-state index contributed by atoms with van der Waals surface area (Å²) in [5, 5.41) is 1.99. The molecule has 1 aromatic rings. The second-order valence-corrected chi connectivity index (χ2v) is 8.22. The van der Waals surface area contributed by atoms with Crippen LogP contribution >= 0.6 is 0 Å². The molecule has 3 unspecified atom stereocenters. The van der Waals surface area contributed by atoms with E-state index in [1.54, 1.807) is 6.07 Å². The number of hydrogen-bond acceptors (Lipinski definition) is 6. The molecule has 0 saturated carbocycles. The standard InChI is InChI=1S/C16H21FN2O5S/c1-23-16(20)13-10-14(25(21,22)19-6-8-24-9-7-19)15(18-13)11-4-2-3-5-12(11)17/h2-5,13-15,18H,6-10H2,1H3. The van der Waals surface area contributed by atoms with Gasteiger partial charge in [-0.1, -0.05) is 18.2 Å². The molecule has 3 rings (SSSR count). The van der Waals surface area contributed by atoms with Crippen LogP contribution in [0.1, 0.15) is 18.0 Å². The van der Waals surface area contributed by atoms with E-state index in [0.29, 0.717) is 13.2 Å². The van der Waals surface area contributed by atoms with Crippen LogP contribution in [0.5, 0.6) is 0 Å². The Bertz CT molecular complexity index is 736. The number of halogens is 1. The van der Waals surface area contributed by atoms with Gasteiger partial charge < -0.3 is 9.47 Å². The predicted molar refractivity (Wildman–Crippen MR) is 87.8 cm³/mol. The number of morpholine rings is 1. The van der Waals surface area contributed by atoms with Gasteiger partial charge in [-0.05, 0) is 12.5 Å². The number of rotatable bonds is 4. The maximum Gasteiger partial charge on any atom is 0.322 e. The van der Waals surface area contributed by atoms with Crippen molar-refractivity contribution in [1.82, 2.24) is 9.62 Å². The molecule has 1 aromatic carbocycles. The van der Waals surface area contributed by atoms with Crippen molar-refractivity contribution in [2.45, 2.75) is 23.8 Å². The van der Waals surface area contributed by atoms with Crippen LogP contribution < -0.4 is 5.32 Å². The zero-order valence-electron chi connectivity index (χ0n) is 13.9. The van der Waals surface area contributed by atoms with Crippen LogP contribution in [0, 0.1) is 5.82 Å². The van der Waals surface area contributed by atoms with Crippen molar-refractivity contribution in [3.63, 3.8) is 0 Å². The normalized spacial score (nSPS) is 28.0. The third kappa shape index (κ3) is 3.55. The Hall–Kier alpha value is -1.55. The number of sulfonamides is 1. The molecule has 2 heterocycles. The molecule has 9 heteroatoms. The Kier molecular flexibility index (Phi) is 5.38. The van der Waals surface area contributed by atoms with Crippen molar-refractivity contribution >= 4 is 16.0 Å². The van der Waals surface area contributed by atoms with Crippen molar-refractivity contribution in [2.75, 3.05) is 33.4 Å². The first-order chi connectivity index (χ1) is 11.9. The summed E-state index contributed by atoms with van der Waals surface area (Å²) in [5.41, 5.74) is 0.232. The molecule has 0 aromatic heterocycles. The third-order valence-electron chi connectivity index (χ3n) is 4.66. The molecule has 138 valence electrons. The molecule has 2 fully saturated rings. The number of nitrogens with zero attached hydrogens (tertiary/aromatic N) is 1. The Labute approximate surface area is 146 Å². The number of carbonyl (C=O) groups excluding carboxylic acids is 1. The molecule has 2 aliphatic rings. The van der Waals surface area contributed by atoms with Gasteiger partial charge in [0.1, 0.15) is 11.9 Å². The van der Waals surface area contributed by atoms with Gasteiger partial charge in [-0.25, -0.2) is 12.8 Å². The van der Waals surface area contributed by atoms with E-state index in [2.05, 4.69) is 5.32 Å². The van der Waals surface area contributed by atoms with E-state index in [-0.39, 0.29) is 25.1 Å². The second-order valence-electron chi connectivity index (χ2n) is 6.07. The predicted octanol–water partition coefficient (Wildman–Crippen LogP) is 0.432. The highest BCUT2D eigenvalue weighted by molar-refractivity contribution is 7.89. The first-order valence-corrected chi connectivity index (χ1v) is 9.60. The summed E-state index contributed by atoms with van der Waals surface area (Å²) in [5.74, 6) is -1.06. The number of ether oxygens (including phenoxy) is 2. The quantitative estimate of drug-likeness (QED) is 0.772. The lowest BCUT2D eigenvalue weighted by Gasteiger charge is -2.31. The zero-order chi connectivity index (χ0) is 18.0. The summed E-state index contributed by atoms with van der Waals surface area (Å²) in [4.78, 5) is 11.9. The largest absolute Gasteiger partial charge is 0.468 e. The molecule has 0 bridgehead atoms. The molecule has 7 nitrogen and oxygen atoms in total. The van der Waals surface area contributed by atoms with Crippen LogP contribution in [0.2, 0.25) is 0 Å². The van der Waals surface area contributed by atoms with Crippen LogP contribution in [0.25, 0.3) is 0 Å². The Balaban J connectivity index is 1.95. The molecule has 0 aliphatic carbocycles. The van der Waals surface area contributed by atoms with Crippen LogP contribution in [-0.4, -0.2) is 63.4 Å². The third-order valence-corrected chi connectivity index (χ3v) is 6.97. The van der Waals surface area contributed by atoms with E-state index in [9.17, 15) is 17.6 Å². The highest BCUT2D eigenvalue weighted by atomic mass is 32.2. The van der Waals surface area contributed by atoms with E-state index in [1.165, 1.54) is 29.6 Å². The molecule has 3 atom stereocenters. The number of nitrogens with one attached hydrogen (secondary N) is 1. The fraction of sp³-hybridized carbons (Fsp3) is 0.562. The Morgan fingerprint density at radius 2 is 2.00 bits per heavy atom. The smallest absolute Gasteiger partial charge is 0.322 e. The minimum absolute atomic E-state index is 0.0331. The summed E-state index contributed by atoms with van der Waals surface area (Å²) in [6.45, 7) is 1.16. The molecule has 0 radical (unpaired) electrons. The van der Waals surface area contributed by atoms with Crippen molar-refractivity contribution in [3.05, 3.63) is 35.6 Å². The molecule has 2 aliphatic heterocycles. The molecule has 1 N–H and O–H groups in total. The number of hydrogen-bond donors (Lipinski definition) is 1. The summed E-state index contributed by atoms with van der Waals surface area (Å²) < 4.78 is 51.8. The van der Waals surface area contributed by atoms with Crippen molar-refractivity contribution in [3.8, 4) is 0 Å². The zero-order valence-corrected chi connectivity index (χ0v) is 14.7. The highest BCUT2D eigenvalue weighted by Crippen LogP contribution is 2.35. The SMILES string of the molecule is COC(=O)C1CC(S(=O)(=O)N2CCOCC2)C(c2ccccc2F)N1. The Morgan fingerprint density at radius 1 is 1.32 bits per heavy atom. The van der Waals surface area contributed by atoms with Crippen LogP contribution in [-0.2, 0) is 24.3 Å². The maximum atomic E-state index is 14.3. The average molecular weight is 372 g/mol. The second kappa shape index (κ2) is 7.36. The molecular weight excluding hydrogens is 351 g/mol. The number of carbonyl (C=O) groups is 1. The fourth-order valence-corrected chi connectivity index (χ4v) is 5.42. The van der Waals surface area contributed by atoms with Crippen LogP contribution in [0.3, 0.4) is 0 Å². The van der Waals surface area contributed by atoms with Crippen LogP contribution in [0.15, 0.2) is 24.3 Å². The number of benzene rings is 1. The van der Waals surface area contributed by atoms with Crippen molar-refractivity contribution in [2.24, 2.45) is 0 Å². The topological polar surface area (TPSA) is 84.9 Å². The van der Waals surface area contributed by atoms with Gasteiger partial charge in [0, 0.05) is 18.7 Å². The van der Waals surface area contributed by atoms with E-state index < -0.39 is 39.1 Å². The van der Waals surface area contributed by atoms with Gasteiger partial charge in [0.15, 0.2) is 0 Å². The minimum atomic E-state index is -3.73. The molecular formula is C16H21FN2O5S. The van der Waals surface area contributed by atoms with Gasteiger partial charge in [-0.3, -0.25) is 10.1 Å². The summed E-state index contributed by atoms with van der Waals surface area (Å²) >= 11 is 0. The Morgan fingerprint density at radius 3 is 2.64 bits per heavy atom. The van der Waals surface area contributed by atoms with Gasteiger partial charge in [0.25, 0.3) is 0 Å². The van der Waals surface area contributed by atoms with E-state index >= 15 is 0 Å². The lowest BCUT2D eigenvalue weighted by atomic mass is 10.0. The van der Waals surface area contributed by atoms with Crippen molar-refractivity contribution < 1.29 is 27.1 Å². The van der Waals surface area contributed by atoms with E-state index in [1.807, 2.05) is 0 Å². The lowest BCUT2D eigenvalue weighted by molar-refractivity contribution is -0.142.